The molecule has 0 radical (unpaired) electrons. The lowest BCUT2D eigenvalue weighted by Gasteiger charge is -2.16. The van der Waals surface area contributed by atoms with Crippen molar-refractivity contribution in [2.24, 2.45) is 0 Å². The molecule has 1 heterocycles. The average Bonchev–Trinajstić information content (AvgIpc) is 2.83. The Morgan fingerprint density at radius 3 is 2.76 bits per heavy atom. The highest BCUT2D eigenvalue weighted by Crippen LogP contribution is 2.28. The minimum Gasteiger partial charge on any atom is -0.495 e. The minimum absolute atomic E-state index is 0.111. The molecule has 6 heteroatoms. The third-order valence-electron chi connectivity index (χ3n) is 2.66. The fourth-order valence-electron chi connectivity index (χ4n) is 1.71. The smallest absolute Gasteiger partial charge is 0.248 e. The summed E-state index contributed by atoms with van der Waals surface area (Å²) >= 11 is 0. The second-order valence-corrected chi connectivity index (χ2v) is 5.78. The normalized spacial score (nSPS) is 17.3. The molecule has 94 valence electrons. The van der Waals surface area contributed by atoms with Gasteiger partial charge >= 0.3 is 0 Å². The number of hydrogen-bond acceptors (Lipinski definition) is 4. The molecule has 1 aromatic rings. The van der Waals surface area contributed by atoms with Crippen molar-refractivity contribution >= 4 is 10.0 Å². The molecule has 0 aliphatic carbocycles. The van der Waals surface area contributed by atoms with Crippen molar-refractivity contribution in [3.05, 3.63) is 23.8 Å². The number of rotatable bonds is 3. The van der Waals surface area contributed by atoms with E-state index in [1.165, 1.54) is 11.4 Å². The zero-order valence-electron chi connectivity index (χ0n) is 9.84. The highest BCUT2D eigenvalue weighted by atomic mass is 32.2. The first-order valence-electron chi connectivity index (χ1n) is 5.28. The van der Waals surface area contributed by atoms with Crippen molar-refractivity contribution in [3.63, 3.8) is 0 Å². The van der Waals surface area contributed by atoms with Crippen molar-refractivity contribution in [2.45, 2.75) is 11.8 Å². The van der Waals surface area contributed by atoms with Gasteiger partial charge in [0.05, 0.1) is 13.7 Å². The van der Waals surface area contributed by atoms with Gasteiger partial charge in [0.1, 0.15) is 17.4 Å². The molecular weight excluding hydrogens is 242 g/mol. The summed E-state index contributed by atoms with van der Waals surface area (Å²) in [6.45, 7) is 2.78. The topological polar surface area (TPSA) is 55.8 Å². The minimum atomic E-state index is -3.52. The van der Waals surface area contributed by atoms with Crippen LogP contribution >= 0.6 is 0 Å². The van der Waals surface area contributed by atoms with Gasteiger partial charge in [0.25, 0.3) is 0 Å². The van der Waals surface area contributed by atoms with Gasteiger partial charge in [-0.2, -0.15) is 4.31 Å². The molecule has 0 unspecified atom stereocenters. The number of methoxy groups -OCH3 is 1. The summed E-state index contributed by atoms with van der Waals surface area (Å²) in [7, 11) is -2.06. The van der Waals surface area contributed by atoms with E-state index in [-0.39, 0.29) is 11.6 Å². The van der Waals surface area contributed by atoms with Gasteiger partial charge in [0.15, 0.2) is 0 Å². The fourth-order valence-corrected chi connectivity index (χ4v) is 3.26. The molecule has 1 aliphatic rings. The number of benzene rings is 1. The van der Waals surface area contributed by atoms with E-state index < -0.39 is 10.0 Å². The largest absolute Gasteiger partial charge is 0.495 e. The van der Waals surface area contributed by atoms with Crippen molar-refractivity contribution < 1.29 is 17.9 Å². The summed E-state index contributed by atoms with van der Waals surface area (Å²) in [5.41, 5.74) is 0.879. The van der Waals surface area contributed by atoms with Crippen LogP contribution in [0, 0.1) is 6.92 Å². The Hall–Kier alpha value is -1.11. The highest BCUT2D eigenvalue weighted by Gasteiger charge is 2.30. The summed E-state index contributed by atoms with van der Waals surface area (Å²) in [5.74, 6) is 0.363. The zero-order valence-corrected chi connectivity index (χ0v) is 10.7. The van der Waals surface area contributed by atoms with Gasteiger partial charge < -0.3 is 9.47 Å². The third kappa shape index (κ3) is 2.29. The average molecular weight is 257 g/mol. The van der Waals surface area contributed by atoms with Gasteiger partial charge in [-0.3, -0.25) is 0 Å². The Kier molecular flexibility index (Phi) is 3.37. The van der Waals surface area contributed by atoms with Gasteiger partial charge in [-0.25, -0.2) is 8.42 Å². The van der Waals surface area contributed by atoms with E-state index in [0.29, 0.717) is 18.9 Å². The van der Waals surface area contributed by atoms with E-state index in [9.17, 15) is 8.42 Å². The van der Waals surface area contributed by atoms with E-state index in [1.807, 2.05) is 13.0 Å². The summed E-state index contributed by atoms with van der Waals surface area (Å²) in [5, 5.41) is 0. The van der Waals surface area contributed by atoms with E-state index in [1.54, 1.807) is 12.1 Å². The van der Waals surface area contributed by atoms with Gasteiger partial charge in [-0.1, -0.05) is 6.07 Å². The number of hydrogen-bond donors (Lipinski definition) is 0. The first-order chi connectivity index (χ1) is 8.05. The molecule has 5 nitrogen and oxygen atoms in total. The number of sulfonamides is 1. The van der Waals surface area contributed by atoms with Crippen LogP contribution in [0.3, 0.4) is 0 Å². The molecule has 2 rings (SSSR count). The molecule has 1 aliphatic heterocycles. The molecule has 0 amide bonds. The van der Waals surface area contributed by atoms with Crippen LogP contribution in [0.4, 0.5) is 0 Å². The monoisotopic (exact) mass is 257 g/mol. The summed E-state index contributed by atoms with van der Waals surface area (Å²) in [6.07, 6.45) is 0. The van der Waals surface area contributed by atoms with Crippen LogP contribution in [0.5, 0.6) is 5.75 Å². The molecule has 1 aromatic carbocycles. The van der Waals surface area contributed by atoms with Crippen LogP contribution in [0.25, 0.3) is 0 Å². The molecule has 0 spiro atoms. The molecule has 0 saturated carbocycles. The zero-order chi connectivity index (χ0) is 12.5. The van der Waals surface area contributed by atoms with Crippen molar-refractivity contribution in [1.29, 1.82) is 0 Å². The third-order valence-corrected chi connectivity index (χ3v) is 4.50. The maximum Gasteiger partial charge on any atom is 0.248 e. The predicted molar refractivity (Wildman–Crippen MR) is 62.4 cm³/mol. The predicted octanol–water partition coefficient (Wildman–Crippen LogP) is 0.982. The van der Waals surface area contributed by atoms with E-state index in [4.69, 9.17) is 9.47 Å². The number of nitrogens with zero attached hydrogens (tertiary/aromatic N) is 1. The van der Waals surface area contributed by atoms with Crippen molar-refractivity contribution in [3.8, 4) is 5.75 Å². The Morgan fingerprint density at radius 1 is 1.41 bits per heavy atom. The lowest BCUT2D eigenvalue weighted by atomic mass is 10.2. The van der Waals surface area contributed by atoms with Crippen LogP contribution in [0.2, 0.25) is 0 Å². The lowest BCUT2D eigenvalue weighted by molar-refractivity contribution is 0.172. The first kappa shape index (κ1) is 12.3. The Morgan fingerprint density at radius 2 is 2.18 bits per heavy atom. The number of aryl methyl sites for hydroxylation is 1. The van der Waals surface area contributed by atoms with E-state index >= 15 is 0 Å². The van der Waals surface area contributed by atoms with Gasteiger partial charge in [0, 0.05) is 6.54 Å². The SMILES string of the molecule is COc1ccc(C)cc1S(=O)(=O)N1CCOC1. The number of ether oxygens (including phenoxy) is 2. The van der Waals surface area contributed by atoms with Crippen LogP contribution < -0.4 is 4.74 Å². The molecule has 17 heavy (non-hydrogen) atoms. The first-order valence-corrected chi connectivity index (χ1v) is 6.72. The molecule has 1 fully saturated rings. The molecule has 0 atom stereocenters. The highest BCUT2D eigenvalue weighted by molar-refractivity contribution is 7.89. The Labute approximate surface area is 101 Å². The Balaban J connectivity index is 2.47. The second kappa shape index (κ2) is 4.64. The van der Waals surface area contributed by atoms with Gasteiger partial charge in [0.2, 0.25) is 10.0 Å². The van der Waals surface area contributed by atoms with Gasteiger partial charge in [-0.05, 0) is 24.6 Å². The standard InChI is InChI=1S/C11H15NO4S/c1-9-3-4-10(15-2)11(7-9)17(13,14)12-5-6-16-8-12/h3-4,7H,5-6,8H2,1-2H3. The maximum atomic E-state index is 12.3. The lowest BCUT2D eigenvalue weighted by Crippen LogP contribution is -2.28. The van der Waals surface area contributed by atoms with Crippen molar-refractivity contribution in [1.82, 2.24) is 4.31 Å². The summed E-state index contributed by atoms with van der Waals surface area (Å²) in [6, 6.07) is 5.10. The van der Waals surface area contributed by atoms with Crippen LogP contribution in [-0.4, -0.2) is 39.7 Å². The van der Waals surface area contributed by atoms with Crippen LogP contribution in [-0.2, 0) is 14.8 Å². The molecule has 0 N–H and O–H groups in total. The Bertz CT molecular complexity index is 506. The van der Waals surface area contributed by atoms with Gasteiger partial charge in [-0.15, -0.1) is 0 Å². The molecule has 0 bridgehead atoms. The maximum absolute atomic E-state index is 12.3. The fraction of sp³-hybridized carbons (Fsp3) is 0.455. The van der Waals surface area contributed by atoms with Crippen LogP contribution in [0.1, 0.15) is 5.56 Å². The van der Waals surface area contributed by atoms with Crippen LogP contribution in [0.15, 0.2) is 23.1 Å². The summed E-state index contributed by atoms with van der Waals surface area (Å²) in [4.78, 5) is 0.200. The summed E-state index contributed by atoms with van der Waals surface area (Å²) < 4.78 is 36.1. The quantitative estimate of drug-likeness (QED) is 0.810. The van der Waals surface area contributed by atoms with Crippen molar-refractivity contribution in [2.75, 3.05) is 27.0 Å². The molecular formula is C11H15NO4S. The van der Waals surface area contributed by atoms with E-state index in [2.05, 4.69) is 0 Å². The molecule has 1 saturated heterocycles. The molecule has 0 aromatic heterocycles. The second-order valence-electron chi connectivity index (χ2n) is 3.87. The van der Waals surface area contributed by atoms with E-state index in [0.717, 1.165) is 5.56 Å².